The summed E-state index contributed by atoms with van der Waals surface area (Å²) in [5.74, 6) is -0.469. The number of aliphatic imine (C=N–C) groups is 1. The number of aryl methyl sites for hydroxylation is 1. The second kappa shape index (κ2) is 5.77. The number of rotatable bonds is 2. The van der Waals surface area contributed by atoms with Crippen LogP contribution in [0.2, 0.25) is 0 Å². The van der Waals surface area contributed by atoms with E-state index in [4.69, 9.17) is 11.5 Å². The number of anilines is 1. The number of amides is 1. The zero-order valence-corrected chi connectivity index (χ0v) is 12.3. The van der Waals surface area contributed by atoms with E-state index < -0.39 is 11.3 Å². The third kappa shape index (κ3) is 4.12. The zero-order chi connectivity index (χ0) is 15.5. The lowest BCUT2D eigenvalue weighted by atomic mass is 9.93. The molecule has 0 radical (unpaired) electrons. The Hall–Kier alpha value is -2.30. The molecule has 0 aromatic heterocycles. The van der Waals surface area contributed by atoms with E-state index in [0.29, 0.717) is 11.3 Å². The smallest absolute Gasteiger partial charge is 0.279 e. The van der Waals surface area contributed by atoms with Crippen molar-refractivity contribution in [3.63, 3.8) is 0 Å². The van der Waals surface area contributed by atoms with Gasteiger partial charge in [0.2, 0.25) is 0 Å². The van der Waals surface area contributed by atoms with Gasteiger partial charge in [-0.05, 0) is 24.6 Å². The Bertz CT molecular complexity index is 581. The molecule has 5 heteroatoms. The molecule has 0 saturated heterocycles. The number of nitrogen functional groups attached to an aromatic ring is 1. The van der Waals surface area contributed by atoms with Crippen LogP contribution in [-0.4, -0.2) is 16.8 Å². The maximum Gasteiger partial charge on any atom is 0.279 e. The first-order chi connectivity index (χ1) is 9.11. The molecule has 0 heterocycles. The van der Waals surface area contributed by atoms with Crippen LogP contribution in [0.3, 0.4) is 0 Å². The van der Waals surface area contributed by atoms with E-state index in [0.717, 1.165) is 5.56 Å². The highest BCUT2D eigenvalue weighted by molar-refractivity contribution is 6.06. The minimum absolute atomic E-state index is 0.0402. The van der Waals surface area contributed by atoms with Gasteiger partial charge in [0, 0.05) is 22.7 Å². The summed E-state index contributed by atoms with van der Waals surface area (Å²) in [6.07, 6.45) is 1.29. The van der Waals surface area contributed by atoms with Crippen molar-refractivity contribution in [1.29, 1.82) is 0 Å². The van der Waals surface area contributed by atoms with Gasteiger partial charge in [0.25, 0.3) is 5.91 Å². The number of hydrogen-bond acceptors (Lipinski definition) is 3. The number of nitrogens with two attached hydrogens (primary N) is 2. The fraction of sp³-hybridized carbons (Fsp3) is 0.333. The Morgan fingerprint density at radius 1 is 1.35 bits per heavy atom. The first-order valence-electron chi connectivity index (χ1n) is 6.27. The number of carbonyl (C=O) groups excluding carboxylic acids is 1. The van der Waals surface area contributed by atoms with E-state index >= 15 is 0 Å². The van der Waals surface area contributed by atoms with E-state index in [1.807, 2.05) is 27.7 Å². The fourth-order valence-electron chi connectivity index (χ4n) is 1.34. The molecule has 0 bridgehead atoms. The van der Waals surface area contributed by atoms with Crippen LogP contribution < -0.4 is 11.5 Å². The third-order valence-electron chi connectivity index (χ3n) is 2.81. The van der Waals surface area contributed by atoms with E-state index in [1.54, 1.807) is 18.2 Å². The van der Waals surface area contributed by atoms with E-state index in [9.17, 15) is 9.90 Å². The van der Waals surface area contributed by atoms with E-state index in [2.05, 4.69) is 4.99 Å². The van der Waals surface area contributed by atoms with Crippen molar-refractivity contribution >= 4 is 17.4 Å². The summed E-state index contributed by atoms with van der Waals surface area (Å²) in [6, 6.07) is 4.94. The molecule has 5 nitrogen and oxygen atoms in total. The molecule has 0 aliphatic heterocycles. The summed E-state index contributed by atoms with van der Waals surface area (Å²) in [5.41, 5.74) is 12.7. The summed E-state index contributed by atoms with van der Waals surface area (Å²) in [4.78, 5) is 15.7. The Labute approximate surface area is 119 Å². The molecule has 1 amide bonds. The van der Waals surface area contributed by atoms with Crippen LogP contribution in [-0.2, 0) is 0 Å². The third-order valence-corrected chi connectivity index (χ3v) is 2.81. The molecule has 1 aromatic rings. The summed E-state index contributed by atoms with van der Waals surface area (Å²) >= 11 is 0. The van der Waals surface area contributed by atoms with Crippen LogP contribution in [0.5, 0.6) is 0 Å². The minimum Gasteiger partial charge on any atom is -0.512 e. The van der Waals surface area contributed by atoms with Crippen LogP contribution in [0.15, 0.2) is 35.0 Å². The van der Waals surface area contributed by atoms with Crippen molar-refractivity contribution in [3.8, 4) is 0 Å². The highest BCUT2D eigenvalue weighted by Crippen LogP contribution is 2.22. The number of nitrogens with zero attached hydrogens (tertiary/aromatic N) is 1. The van der Waals surface area contributed by atoms with Gasteiger partial charge >= 0.3 is 0 Å². The number of allylic oxidation sites excluding steroid dienone is 1. The lowest BCUT2D eigenvalue weighted by molar-refractivity contribution is 0.100. The van der Waals surface area contributed by atoms with E-state index in [1.165, 1.54) is 6.08 Å². The number of carbonyl (C=O) groups is 1. The van der Waals surface area contributed by atoms with Crippen molar-refractivity contribution in [1.82, 2.24) is 0 Å². The van der Waals surface area contributed by atoms with E-state index in [-0.39, 0.29) is 11.6 Å². The van der Waals surface area contributed by atoms with Crippen molar-refractivity contribution in [2.24, 2.45) is 16.1 Å². The van der Waals surface area contributed by atoms with Crippen molar-refractivity contribution in [2.75, 3.05) is 5.73 Å². The number of benzene rings is 1. The zero-order valence-electron chi connectivity index (χ0n) is 12.3. The summed E-state index contributed by atoms with van der Waals surface area (Å²) in [6.45, 7) is 7.34. The fourth-order valence-corrected chi connectivity index (χ4v) is 1.34. The molecule has 1 rings (SSSR count). The van der Waals surface area contributed by atoms with Gasteiger partial charge in [0.05, 0.1) is 0 Å². The van der Waals surface area contributed by atoms with Gasteiger partial charge in [0.15, 0.2) is 0 Å². The molecule has 20 heavy (non-hydrogen) atoms. The van der Waals surface area contributed by atoms with Crippen LogP contribution in [0, 0.1) is 12.3 Å². The molecule has 0 unspecified atom stereocenters. The summed E-state index contributed by atoms with van der Waals surface area (Å²) < 4.78 is 0. The molecular weight excluding hydrogens is 254 g/mol. The quantitative estimate of drug-likeness (QED) is 0.334. The Morgan fingerprint density at radius 3 is 2.45 bits per heavy atom. The second-order valence-electron chi connectivity index (χ2n) is 5.69. The SMILES string of the molecule is Cc1ccc(C(=O)N=C(N)/C=C(\O)C(C)(C)C)cc1N. The average Bonchev–Trinajstić information content (AvgIpc) is 2.31. The second-order valence-corrected chi connectivity index (χ2v) is 5.69. The maximum absolute atomic E-state index is 11.9. The highest BCUT2D eigenvalue weighted by Gasteiger charge is 2.16. The van der Waals surface area contributed by atoms with Gasteiger partial charge in [-0.15, -0.1) is 0 Å². The van der Waals surface area contributed by atoms with Crippen molar-refractivity contribution in [2.45, 2.75) is 27.7 Å². The number of aliphatic hydroxyl groups excluding tert-OH is 1. The summed E-state index contributed by atoms with van der Waals surface area (Å²) in [5, 5.41) is 9.79. The Balaban J connectivity index is 2.99. The Kier molecular flexibility index (Phi) is 4.55. The van der Waals surface area contributed by atoms with Gasteiger partial charge in [-0.2, -0.15) is 4.99 Å². The molecule has 0 saturated carbocycles. The van der Waals surface area contributed by atoms with Gasteiger partial charge in [-0.1, -0.05) is 26.8 Å². The monoisotopic (exact) mass is 275 g/mol. The normalized spacial score (nSPS) is 13.4. The first-order valence-corrected chi connectivity index (χ1v) is 6.27. The topological polar surface area (TPSA) is 102 Å². The molecule has 1 aromatic carbocycles. The average molecular weight is 275 g/mol. The molecule has 0 fully saturated rings. The summed E-state index contributed by atoms with van der Waals surface area (Å²) in [7, 11) is 0. The Morgan fingerprint density at radius 2 is 1.95 bits per heavy atom. The largest absolute Gasteiger partial charge is 0.512 e. The van der Waals surface area contributed by atoms with Crippen LogP contribution in [0.4, 0.5) is 5.69 Å². The lowest BCUT2D eigenvalue weighted by Crippen LogP contribution is -2.16. The lowest BCUT2D eigenvalue weighted by Gasteiger charge is -2.16. The highest BCUT2D eigenvalue weighted by atomic mass is 16.3. The van der Waals surface area contributed by atoms with Gasteiger partial charge in [0.1, 0.15) is 11.6 Å². The van der Waals surface area contributed by atoms with Gasteiger partial charge in [-0.3, -0.25) is 4.79 Å². The number of aliphatic hydroxyl groups is 1. The van der Waals surface area contributed by atoms with Crippen LogP contribution in [0.1, 0.15) is 36.7 Å². The van der Waals surface area contributed by atoms with Gasteiger partial charge in [-0.25, -0.2) is 0 Å². The predicted molar refractivity (Wildman–Crippen MR) is 81.7 cm³/mol. The molecule has 5 N–H and O–H groups in total. The molecule has 0 spiro atoms. The minimum atomic E-state index is -0.493. The molecule has 0 aliphatic rings. The predicted octanol–water partition coefficient (Wildman–Crippen LogP) is 2.56. The van der Waals surface area contributed by atoms with Crippen molar-refractivity contribution < 1.29 is 9.90 Å². The first kappa shape index (κ1) is 15.8. The van der Waals surface area contributed by atoms with Crippen molar-refractivity contribution in [3.05, 3.63) is 41.2 Å². The number of hydrogen-bond donors (Lipinski definition) is 3. The molecular formula is C15H21N3O2. The van der Waals surface area contributed by atoms with Gasteiger partial charge < -0.3 is 16.6 Å². The molecule has 108 valence electrons. The molecule has 0 atom stereocenters. The van der Waals surface area contributed by atoms with Crippen LogP contribution >= 0.6 is 0 Å². The molecule has 0 aliphatic carbocycles. The van der Waals surface area contributed by atoms with Crippen LogP contribution in [0.25, 0.3) is 0 Å². The standard InChI is InChI=1S/C15H21N3O2/c1-9-5-6-10(7-11(9)16)14(20)18-13(17)8-12(19)15(2,3)4/h5-8,19H,16H2,1-4H3,(H2,17,18,20)/b12-8-. The number of amidine groups is 1. The maximum atomic E-state index is 11.9.